The standard InChI is InChI=1S/C23H25N3O4/c1-13(2)16-11-21(27)19(23(28)29)12-24-7-4-14-15-6-9-30-22(15)18(10-17(14)16)20-5-8-25-26(20)3/h5,8,10-13,27H,4,6-7,9H2,1-3H3,(H,28,29)/b16-11+,21-19?,24-12?. The van der Waals surface area contributed by atoms with Gasteiger partial charge in [0.2, 0.25) is 0 Å². The molecule has 0 amide bonds. The number of aromatic nitrogens is 2. The molecule has 0 aliphatic carbocycles. The van der Waals surface area contributed by atoms with Crippen LogP contribution in [0.15, 0.2) is 40.7 Å². The van der Waals surface area contributed by atoms with E-state index in [1.165, 1.54) is 6.21 Å². The van der Waals surface area contributed by atoms with Gasteiger partial charge in [-0.25, -0.2) is 4.79 Å². The van der Waals surface area contributed by atoms with Crippen molar-refractivity contribution in [3.8, 4) is 17.0 Å². The molecule has 0 spiro atoms. The number of aliphatic hydroxyl groups excluding tert-OH is 1. The number of rotatable bonds is 3. The van der Waals surface area contributed by atoms with Gasteiger partial charge in [0.25, 0.3) is 0 Å². The van der Waals surface area contributed by atoms with Gasteiger partial charge in [0.05, 0.1) is 12.3 Å². The van der Waals surface area contributed by atoms with Crippen LogP contribution in [0.25, 0.3) is 16.8 Å². The van der Waals surface area contributed by atoms with E-state index in [1.807, 2.05) is 31.6 Å². The molecular formula is C23H25N3O4. The van der Waals surface area contributed by atoms with Crippen LogP contribution in [0.3, 0.4) is 0 Å². The molecule has 0 saturated carbocycles. The first kappa shape index (κ1) is 19.9. The minimum Gasteiger partial charge on any atom is -0.507 e. The zero-order chi connectivity index (χ0) is 21.4. The monoisotopic (exact) mass is 407 g/mol. The summed E-state index contributed by atoms with van der Waals surface area (Å²) in [5.41, 5.74) is 5.89. The van der Waals surface area contributed by atoms with Crippen LogP contribution in [0.1, 0.15) is 30.5 Å². The van der Waals surface area contributed by atoms with Gasteiger partial charge in [-0.05, 0) is 47.2 Å². The number of aliphatic imine (C=N–C) groups is 1. The van der Waals surface area contributed by atoms with E-state index in [-0.39, 0.29) is 17.3 Å². The maximum Gasteiger partial charge on any atom is 0.341 e. The maximum atomic E-state index is 11.6. The summed E-state index contributed by atoms with van der Waals surface area (Å²) in [5, 5.41) is 24.4. The number of fused-ring (bicyclic) bond motifs is 3. The highest BCUT2D eigenvalue weighted by atomic mass is 16.5. The number of benzene rings is 1. The molecule has 0 atom stereocenters. The number of nitrogens with zero attached hydrogens (tertiary/aromatic N) is 3. The van der Waals surface area contributed by atoms with Gasteiger partial charge in [-0.3, -0.25) is 9.67 Å². The molecular weight excluding hydrogens is 382 g/mol. The first-order valence-electron chi connectivity index (χ1n) is 10.1. The second-order valence-corrected chi connectivity index (χ2v) is 7.84. The highest BCUT2D eigenvalue weighted by Gasteiger charge is 2.27. The van der Waals surface area contributed by atoms with Crippen LogP contribution >= 0.6 is 0 Å². The largest absolute Gasteiger partial charge is 0.507 e. The number of aliphatic hydroxyl groups is 1. The summed E-state index contributed by atoms with van der Waals surface area (Å²) >= 11 is 0. The van der Waals surface area contributed by atoms with Crippen LogP contribution in [0.5, 0.6) is 5.75 Å². The lowest BCUT2D eigenvalue weighted by Crippen LogP contribution is -2.10. The van der Waals surface area contributed by atoms with Crippen LogP contribution in [0.2, 0.25) is 0 Å². The van der Waals surface area contributed by atoms with E-state index in [4.69, 9.17) is 4.74 Å². The number of hydrogen-bond donors (Lipinski definition) is 2. The minimum absolute atomic E-state index is 0.0667. The topological polar surface area (TPSA) is 96.9 Å². The van der Waals surface area contributed by atoms with Crippen molar-refractivity contribution < 1.29 is 19.7 Å². The normalized spacial score (nSPS) is 17.9. The second-order valence-electron chi connectivity index (χ2n) is 7.84. The molecule has 2 aliphatic heterocycles. The third kappa shape index (κ3) is 3.40. The van der Waals surface area contributed by atoms with Gasteiger partial charge in [-0.15, -0.1) is 0 Å². The average molecular weight is 407 g/mol. The Kier molecular flexibility index (Phi) is 5.20. The number of aryl methyl sites for hydroxylation is 1. The quantitative estimate of drug-likeness (QED) is 0.811. The molecule has 1 aromatic heterocycles. The lowest BCUT2D eigenvalue weighted by molar-refractivity contribution is -0.132. The Morgan fingerprint density at radius 1 is 1.23 bits per heavy atom. The molecule has 3 heterocycles. The molecule has 0 bridgehead atoms. The van der Waals surface area contributed by atoms with E-state index in [1.54, 1.807) is 12.3 Å². The predicted octanol–water partition coefficient (Wildman–Crippen LogP) is 3.59. The molecule has 0 fully saturated rings. The van der Waals surface area contributed by atoms with Gasteiger partial charge in [-0.1, -0.05) is 13.8 Å². The van der Waals surface area contributed by atoms with Gasteiger partial charge in [0.1, 0.15) is 17.1 Å². The van der Waals surface area contributed by atoms with Crippen LogP contribution in [-0.2, 0) is 24.7 Å². The third-order valence-electron chi connectivity index (χ3n) is 5.63. The molecule has 7 heteroatoms. The van der Waals surface area contributed by atoms with Crippen molar-refractivity contribution in [3.05, 3.63) is 52.4 Å². The van der Waals surface area contributed by atoms with E-state index in [2.05, 4.69) is 16.2 Å². The number of ether oxygens (including phenoxy) is 1. The molecule has 0 radical (unpaired) electrons. The molecule has 7 nitrogen and oxygen atoms in total. The molecule has 2 N–H and O–H groups in total. The SMILES string of the molecule is CC(C)/C1=C\C(O)=C(C(=O)O)C=NCCc2c1cc(-c1ccnn1C)c1c2CCO1. The number of carboxylic acid groups (broad SMARTS) is 1. The third-order valence-corrected chi connectivity index (χ3v) is 5.63. The van der Waals surface area contributed by atoms with E-state index in [0.29, 0.717) is 19.6 Å². The van der Waals surface area contributed by atoms with Crippen LogP contribution in [-0.4, -0.2) is 45.3 Å². The summed E-state index contributed by atoms with van der Waals surface area (Å²) in [5.74, 6) is -0.541. The Balaban J connectivity index is 2.03. The molecule has 2 aliphatic rings. The summed E-state index contributed by atoms with van der Waals surface area (Å²) < 4.78 is 7.84. The fourth-order valence-corrected chi connectivity index (χ4v) is 4.16. The van der Waals surface area contributed by atoms with Crippen LogP contribution in [0, 0.1) is 5.92 Å². The Bertz CT molecular complexity index is 1110. The summed E-state index contributed by atoms with van der Waals surface area (Å²) in [6, 6.07) is 4.04. The molecule has 156 valence electrons. The van der Waals surface area contributed by atoms with Gasteiger partial charge in [-0.2, -0.15) is 5.10 Å². The highest BCUT2D eigenvalue weighted by molar-refractivity contribution is 6.09. The minimum atomic E-state index is -1.20. The number of carbonyl (C=O) groups is 1. The molecule has 0 unspecified atom stereocenters. The Morgan fingerprint density at radius 3 is 2.70 bits per heavy atom. The van der Waals surface area contributed by atoms with Gasteiger partial charge < -0.3 is 14.9 Å². The fraction of sp³-hybridized carbons (Fsp3) is 0.348. The molecule has 30 heavy (non-hydrogen) atoms. The van der Waals surface area contributed by atoms with E-state index >= 15 is 0 Å². The van der Waals surface area contributed by atoms with Gasteiger partial charge >= 0.3 is 5.97 Å². The maximum absolute atomic E-state index is 11.6. The summed E-state index contributed by atoms with van der Waals surface area (Å²) in [6.45, 7) is 5.13. The summed E-state index contributed by atoms with van der Waals surface area (Å²) in [7, 11) is 1.89. The number of allylic oxidation sites excluding steroid dienone is 2. The zero-order valence-electron chi connectivity index (χ0n) is 17.3. The Morgan fingerprint density at radius 2 is 2.03 bits per heavy atom. The van der Waals surface area contributed by atoms with Crippen LogP contribution in [0.4, 0.5) is 0 Å². The highest BCUT2D eigenvalue weighted by Crippen LogP contribution is 2.44. The lowest BCUT2D eigenvalue weighted by atomic mass is 9.84. The van der Waals surface area contributed by atoms with Gasteiger partial charge in [0, 0.05) is 43.6 Å². The lowest BCUT2D eigenvalue weighted by Gasteiger charge is -2.22. The molecule has 4 rings (SSSR count). The molecule has 0 saturated heterocycles. The number of carboxylic acids is 1. The zero-order valence-corrected chi connectivity index (χ0v) is 17.3. The summed E-state index contributed by atoms with van der Waals surface area (Å²) in [4.78, 5) is 15.8. The predicted molar refractivity (Wildman–Crippen MR) is 115 cm³/mol. The fourth-order valence-electron chi connectivity index (χ4n) is 4.16. The van der Waals surface area contributed by atoms with Crippen molar-refractivity contribution in [1.82, 2.24) is 9.78 Å². The molecule has 2 aromatic rings. The van der Waals surface area contributed by atoms with Crippen molar-refractivity contribution in [2.75, 3.05) is 13.2 Å². The second kappa shape index (κ2) is 7.82. The van der Waals surface area contributed by atoms with Crippen molar-refractivity contribution >= 4 is 17.8 Å². The van der Waals surface area contributed by atoms with Crippen molar-refractivity contribution in [2.24, 2.45) is 18.0 Å². The Labute approximate surface area is 175 Å². The number of aliphatic carboxylic acids is 1. The smallest absolute Gasteiger partial charge is 0.341 e. The number of hydrogen-bond acceptors (Lipinski definition) is 5. The van der Waals surface area contributed by atoms with Crippen molar-refractivity contribution in [2.45, 2.75) is 26.7 Å². The van der Waals surface area contributed by atoms with E-state index in [0.717, 1.165) is 45.7 Å². The first-order chi connectivity index (χ1) is 14.4. The molecule has 1 aromatic carbocycles. The van der Waals surface area contributed by atoms with Crippen molar-refractivity contribution in [1.29, 1.82) is 0 Å². The van der Waals surface area contributed by atoms with E-state index < -0.39 is 5.97 Å². The van der Waals surface area contributed by atoms with Crippen LogP contribution < -0.4 is 4.74 Å². The Hall–Kier alpha value is -3.35. The van der Waals surface area contributed by atoms with Crippen molar-refractivity contribution in [3.63, 3.8) is 0 Å². The first-order valence-corrected chi connectivity index (χ1v) is 10.1. The summed E-state index contributed by atoms with van der Waals surface area (Å²) in [6.07, 6.45) is 6.04. The van der Waals surface area contributed by atoms with Gasteiger partial charge in [0.15, 0.2) is 0 Å². The van der Waals surface area contributed by atoms with E-state index in [9.17, 15) is 15.0 Å². The average Bonchev–Trinajstić information content (AvgIpc) is 3.34.